The predicted molar refractivity (Wildman–Crippen MR) is 40.0 cm³/mol. The Hall–Kier alpha value is -0.280. The molecule has 0 saturated heterocycles. The Morgan fingerprint density at radius 1 is 1.80 bits per heavy atom. The molecule has 0 aromatic carbocycles. The van der Waals surface area contributed by atoms with E-state index in [2.05, 4.69) is 5.32 Å². The van der Waals surface area contributed by atoms with E-state index in [4.69, 9.17) is 16.7 Å². The highest BCUT2D eigenvalue weighted by atomic mass is 35.5. The van der Waals surface area contributed by atoms with Gasteiger partial charge in [0.1, 0.15) is 5.88 Å². The van der Waals surface area contributed by atoms with E-state index in [0.29, 0.717) is 0 Å². The third-order valence-corrected chi connectivity index (χ3v) is 1.44. The van der Waals surface area contributed by atoms with Crippen molar-refractivity contribution >= 4 is 17.5 Å². The Balaban J connectivity index is 3.52. The zero-order valence-corrected chi connectivity index (χ0v) is 6.69. The number of amides is 1. The minimum absolute atomic E-state index is 0.0286. The van der Waals surface area contributed by atoms with Crippen molar-refractivity contribution in [2.24, 2.45) is 0 Å². The molecule has 0 heterocycles. The highest BCUT2D eigenvalue weighted by Crippen LogP contribution is 1.88. The van der Waals surface area contributed by atoms with Crippen LogP contribution in [-0.2, 0) is 4.79 Å². The average molecular weight is 166 g/mol. The number of carbonyl (C=O) groups is 1. The summed E-state index contributed by atoms with van der Waals surface area (Å²) in [6.07, 6.45) is 0.721. The van der Waals surface area contributed by atoms with Gasteiger partial charge in [-0.15, -0.1) is 11.6 Å². The molecule has 3 nitrogen and oxygen atoms in total. The van der Waals surface area contributed by atoms with Gasteiger partial charge in [0.25, 0.3) is 0 Å². The number of halogens is 1. The topological polar surface area (TPSA) is 49.3 Å². The van der Waals surface area contributed by atoms with Crippen LogP contribution in [0.1, 0.15) is 13.3 Å². The lowest BCUT2D eigenvalue weighted by molar-refractivity contribution is -0.119. The molecule has 1 atom stereocenters. The standard InChI is InChI=1S/C6H12ClNO2/c1-2-5(4-9)8-6(10)3-7/h5,9H,2-4H2,1H3,(H,8,10)/t5-/m1/s1. The molecule has 0 fully saturated rings. The van der Waals surface area contributed by atoms with Crippen LogP contribution in [0.4, 0.5) is 0 Å². The normalized spacial score (nSPS) is 12.7. The molecule has 60 valence electrons. The molecule has 1 amide bonds. The lowest BCUT2D eigenvalue weighted by atomic mass is 10.2. The number of aliphatic hydroxyl groups is 1. The molecule has 0 unspecified atom stereocenters. The van der Waals surface area contributed by atoms with Crippen molar-refractivity contribution in [3.05, 3.63) is 0 Å². The Labute approximate surface area is 65.4 Å². The molecular formula is C6H12ClNO2. The second-order valence-corrected chi connectivity index (χ2v) is 2.26. The summed E-state index contributed by atoms with van der Waals surface area (Å²) in [6, 6.07) is -0.147. The van der Waals surface area contributed by atoms with Crippen molar-refractivity contribution in [1.82, 2.24) is 5.32 Å². The van der Waals surface area contributed by atoms with E-state index in [0.717, 1.165) is 6.42 Å². The van der Waals surface area contributed by atoms with E-state index in [1.54, 1.807) is 0 Å². The summed E-state index contributed by atoms with van der Waals surface area (Å²) in [5, 5.41) is 11.2. The molecule has 0 bridgehead atoms. The quantitative estimate of drug-likeness (QED) is 0.581. The fourth-order valence-corrected chi connectivity index (χ4v) is 0.620. The van der Waals surface area contributed by atoms with E-state index in [9.17, 15) is 4.79 Å². The van der Waals surface area contributed by atoms with Gasteiger partial charge in [-0.3, -0.25) is 4.79 Å². The Bertz CT molecular complexity index is 104. The van der Waals surface area contributed by atoms with Gasteiger partial charge in [0, 0.05) is 0 Å². The van der Waals surface area contributed by atoms with E-state index in [1.165, 1.54) is 0 Å². The third-order valence-electron chi connectivity index (χ3n) is 1.20. The fourth-order valence-electron chi connectivity index (χ4n) is 0.543. The monoisotopic (exact) mass is 165 g/mol. The van der Waals surface area contributed by atoms with Gasteiger partial charge < -0.3 is 10.4 Å². The molecule has 0 aromatic rings. The SMILES string of the molecule is CC[C@H](CO)NC(=O)CCl. The number of hydrogen-bond donors (Lipinski definition) is 2. The Morgan fingerprint density at radius 3 is 2.70 bits per heavy atom. The van der Waals surface area contributed by atoms with Gasteiger partial charge in [-0.25, -0.2) is 0 Å². The summed E-state index contributed by atoms with van der Waals surface area (Å²) in [4.78, 5) is 10.6. The van der Waals surface area contributed by atoms with Crippen molar-refractivity contribution in [1.29, 1.82) is 0 Å². The molecule has 4 heteroatoms. The van der Waals surface area contributed by atoms with Crippen molar-refractivity contribution < 1.29 is 9.90 Å². The largest absolute Gasteiger partial charge is 0.394 e. The summed E-state index contributed by atoms with van der Waals surface area (Å²) in [7, 11) is 0. The maximum Gasteiger partial charge on any atom is 0.235 e. The average Bonchev–Trinajstić information content (AvgIpc) is 1.99. The predicted octanol–water partition coefficient (Wildman–Crippen LogP) is 0.112. The van der Waals surface area contributed by atoms with E-state index in [1.807, 2.05) is 6.92 Å². The van der Waals surface area contributed by atoms with Crippen LogP contribution in [0.2, 0.25) is 0 Å². The minimum Gasteiger partial charge on any atom is -0.394 e. The minimum atomic E-state index is -0.234. The molecule has 0 aliphatic heterocycles. The van der Waals surface area contributed by atoms with Crippen LogP contribution in [0.3, 0.4) is 0 Å². The summed E-state index contributed by atoms with van der Waals surface area (Å²) < 4.78 is 0. The van der Waals surface area contributed by atoms with Crippen molar-refractivity contribution in [3.63, 3.8) is 0 Å². The van der Waals surface area contributed by atoms with Gasteiger partial charge in [-0.05, 0) is 6.42 Å². The zero-order valence-electron chi connectivity index (χ0n) is 5.93. The highest BCUT2D eigenvalue weighted by Gasteiger charge is 2.06. The van der Waals surface area contributed by atoms with Crippen LogP contribution in [0.5, 0.6) is 0 Å². The number of nitrogens with one attached hydrogen (secondary N) is 1. The van der Waals surface area contributed by atoms with Crippen LogP contribution in [0.25, 0.3) is 0 Å². The summed E-state index contributed by atoms with van der Waals surface area (Å²) in [5.41, 5.74) is 0. The highest BCUT2D eigenvalue weighted by molar-refractivity contribution is 6.27. The van der Waals surface area contributed by atoms with Gasteiger partial charge in [0.2, 0.25) is 5.91 Å². The van der Waals surface area contributed by atoms with Crippen LogP contribution in [0, 0.1) is 0 Å². The van der Waals surface area contributed by atoms with Gasteiger partial charge in [-0.1, -0.05) is 6.92 Å². The molecule has 0 radical (unpaired) electrons. The molecule has 0 aliphatic carbocycles. The van der Waals surface area contributed by atoms with Gasteiger partial charge in [0.05, 0.1) is 12.6 Å². The number of rotatable bonds is 4. The second kappa shape index (κ2) is 5.50. The molecule has 0 aliphatic rings. The molecule has 0 aromatic heterocycles. The first-order valence-electron chi connectivity index (χ1n) is 3.20. The lowest BCUT2D eigenvalue weighted by Crippen LogP contribution is -2.37. The smallest absolute Gasteiger partial charge is 0.235 e. The second-order valence-electron chi connectivity index (χ2n) is 1.99. The van der Waals surface area contributed by atoms with E-state index >= 15 is 0 Å². The summed E-state index contributed by atoms with van der Waals surface area (Å²) in [6.45, 7) is 1.86. The molecule has 0 saturated carbocycles. The number of alkyl halides is 1. The molecule has 0 rings (SSSR count). The molecular weight excluding hydrogens is 154 g/mol. The van der Waals surface area contributed by atoms with Crippen LogP contribution < -0.4 is 5.32 Å². The molecule has 2 N–H and O–H groups in total. The first kappa shape index (κ1) is 9.72. The van der Waals surface area contributed by atoms with E-state index < -0.39 is 0 Å². The van der Waals surface area contributed by atoms with Crippen molar-refractivity contribution in [3.8, 4) is 0 Å². The maximum atomic E-state index is 10.6. The van der Waals surface area contributed by atoms with Gasteiger partial charge in [0.15, 0.2) is 0 Å². The van der Waals surface area contributed by atoms with Crippen molar-refractivity contribution in [2.75, 3.05) is 12.5 Å². The van der Waals surface area contributed by atoms with E-state index in [-0.39, 0.29) is 24.4 Å². The maximum absolute atomic E-state index is 10.6. The molecule has 0 spiro atoms. The van der Waals surface area contributed by atoms with Gasteiger partial charge >= 0.3 is 0 Å². The Morgan fingerprint density at radius 2 is 2.40 bits per heavy atom. The summed E-state index contributed by atoms with van der Waals surface area (Å²) in [5.74, 6) is -0.279. The first-order chi connectivity index (χ1) is 4.74. The first-order valence-corrected chi connectivity index (χ1v) is 3.74. The van der Waals surface area contributed by atoms with Crippen LogP contribution in [-0.4, -0.2) is 29.5 Å². The number of hydrogen-bond acceptors (Lipinski definition) is 2. The third kappa shape index (κ3) is 3.69. The van der Waals surface area contributed by atoms with Crippen molar-refractivity contribution in [2.45, 2.75) is 19.4 Å². The lowest BCUT2D eigenvalue weighted by Gasteiger charge is -2.11. The zero-order chi connectivity index (χ0) is 7.98. The Kier molecular flexibility index (Phi) is 5.35. The summed E-state index contributed by atoms with van der Waals surface area (Å²) >= 11 is 5.22. The fraction of sp³-hybridized carbons (Fsp3) is 0.833. The number of aliphatic hydroxyl groups excluding tert-OH is 1. The van der Waals surface area contributed by atoms with Crippen LogP contribution in [0.15, 0.2) is 0 Å². The van der Waals surface area contributed by atoms with Gasteiger partial charge in [-0.2, -0.15) is 0 Å². The van der Waals surface area contributed by atoms with Crippen LogP contribution >= 0.6 is 11.6 Å². The number of carbonyl (C=O) groups excluding carboxylic acids is 1. The molecule has 10 heavy (non-hydrogen) atoms.